The van der Waals surface area contributed by atoms with Crippen LogP contribution in [0.2, 0.25) is 0 Å². The first-order valence-corrected chi connectivity index (χ1v) is 5.21. The van der Waals surface area contributed by atoms with Crippen molar-refractivity contribution in [3.05, 3.63) is 34.4 Å². The van der Waals surface area contributed by atoms with Crippen LogP contribution in [-0.4, -0.2) is 12.4 Å². The van der Waals surface area contributed by atoms with Gasteiger partial charge in [0.25, 0.3) is 0 Å². The summed E-state index contributed by atoms with van der Waals surface area (Å²) < 4.78 is 0. The van der Waals surface area contributed by atoms with Gasteiger partial charge in [-0.2, -0.15) is 0 Å². The number of hydrogen-bond donors (Lipinski definition) is 0. The second-order valence-electron chi connectivity index (χ2n) is 4.28. The predicted molar refractivity (Wildman–Crippen MR) is 65.0 cm³/mol. The van der Waals surface area contributed by atoms with Crippen molar-refractivity contribution >= 4 is 12.4 Å². The average Bonchev–Trinajstić information content (AvgIpc) is 2.60. The molecule has 1 aromatic carbocycles. The Morgan fingerprint density at radius 1 is 0.933 bits per heavy atom. The van der Waals surface area contributed by atoms with Crippen molar-refractivity contribution < 1.29 is 0 Å². The molecule has 2 heteroatoms. The number of aryl methyl sites for hydroxylation is 2. The molecule has 1 aliphatic rings. The molecule has 0 aliphatic carbocycles. The van der Waals surface area contributed by atoms with Crippen LogP contribution < -0.4 is 0 Å². The molecular formula is C13H16N2. The summed E-state index contributed by atoms with van der Waals surface area (Å²) in [5.41, 5.74) is 4.70. The molecule has 0 fully saturated rings. The lowest BCUT2D eigenvalue weighted by Gasteiger charge is -2.23. The van der Waals surface area contributed by atoms with Gasteiger partial charge >= 0.3 is 0 Å². The van der Waals surface area contributed by atoms with Crippen molar-refractivity contribution in [3.8, 4) is 0 Å². The fourth-order valence-electron chi connectivity index (χ4n) is 2.20. The third-order valence-corrected chi connectivity index (χ3v) is 3.14. The zero-order valence-electron chi connectivity index (χ0n) is 9.70. The molecule has 0 aromatic heterocycles. The maximum Gasteiger partial charge on any atom is 0.173 e. The van der Waals surface area contributed by atoms with E-state index < -0.39 is 5.66 Å². The van der Waals surface area contributed by atoms with Crippen LogP contribution >= 0.6 is 0 Å². The van der Waals surface area contributed by atoms with Gasteiger partial charge in [-0.25, -0.2) is 0 Å². The molecule has 0 N–H and O–H groups in total. The highest BCUT2D eigenvalue weighted by Crippen LogP contribution is 2.34. The standard InChI is InChI=1S/C13H16N2/c1-9-5-6-10(2)12(11(9)3)13(4)14-7-8-15-13/h5-8H,1-4H3. The van der Waals surface area contributed by atoms with Crippen LogP contribution in [0.4, 0.5) is 0 Å². The molecule has 0 spiro atoms. The minimum absolute atomic E-state index is 0.403. The summed E-state index contributed by atoms with van der Waals surface area (Å²) in [6, 6.07) is 4.30. The van der Waals surface area contributed by atoms with E-state index in [-0.39, 0.29) is 0 Å². The highest BCUT2D eigenvalue weighted by atomic mass is 15.1. The lowest BCUT2D eigenvalue weighted by molar-refractivity contribution is 0.535. The van der Waals surface area contributed by atoms with Crippen LogP contribution in [0, 0.1) is 20.8 Å². The van der Waals surface area contributed by atoms with Gasteiger partial charge < -0.3 is 0 Å². The number of rotatable bonds is 1. The Bertz CT molecular complexity index is 444. The third-order valence-electron chi connectivity index (χ3n) is 3.14. The van der Waals surface area contributed by atoms with Crippen molar-refractivity contribution in [3.63, 3.8) is 0 Å². The van der Waals surface area contributed by atoms with Gasteiger partial charge in [0.1, 0.15) is 0 Å². The van der Waals surface area contributed by atoms with Crippen molar-refractivity contribution in [2.75, 3.05) is 0 Å². The molecule has 0 radical (unpaired) electrons. The zero-order valence-corrected chi connectivity index (χ0v) is 9.70. The monoisotopic (exact) mass is 200 g/mol. The molecule has 1 aromatic rings. The van der Waals surface area contributed by atoms with Gasteiger partial charge in [-0.15, -0.1) is 0 Å². The fraction of sp³-hybridized carbons (Fsp3) is 0.385. The normalized spacial score (nSPS) is 17.3. The summed E-state index contributed by atoms with van der Waals surface area (Å²) in [4.78, 5) is 8.91. The highest BCUT2D eigenvalue weighted by molar-refractivity contribution is 6.17. The molecule has 0 atom stereocenters. The molecule has 1 heterocycles. The Morgan fingerprint density at radius 3 is 2.07 bits per heavy atom. The first-order chi connectivity index (χ1) is 7.04. The van der Waals surface area contributed by atoms with E-state index in [0.29, 0.717) is 0 Å². The summed E-state index contributed by atoms with van der Waals surface area (Å²) in [5, 5.41) is 0. The van der Waals surface area contributed by atoms with Crippen molar-refractivity contribution in [2.45, 2.75) is 33.4 Å². The van der Waals surface area contributed by atoms with Gasteiger partial charge in [-0.05, 0) is 44.4 Å². The van der Waals surface area contributed by atoms with Gasteiger partial charge in [-0.3, -0.25) is 9.98 Å². The Kier molecular flexibility index (Phi) is 2.22. The first-order valence-electron chi connectivity index (χ1n) is 5.21. The van der Waals surface area contributed by atoms with E-state index in [2.05, 4.69) is 49.8 Å². The Balaban J connectivity index is 2.67. The maximum atomic E-state index is 4.45. The Morgan fingerprint density at radius 2 is 1.47 bits per heavy atom. The van der Waals surface area contributed by atoms with E-state index in [1.165, 1.54) is 22.3 Å². The van der Waals surface area contributed by atoms with Crippen molar-refractivity contribution in [2.24, 2.45) is 9.98 Å². The number of hydrogen-bond acceptors (Lipinski definition) is 2. The summed E-state index contributed by atoms with van der Waals surface area (Å²) in [6.45, 7) is 8.45. The number of benzene rings is 1. The summed E-state index contributed by atoms with van der Waals surface area (Å²) >= 11 is 0. The van der Waals surface area contributed by atoms with Crippen LogP contribution in [0.5, 0.6) is 0 Å². The van der Waals surface area contributed by atoms with Crippen LogP contribution in [-0.2, 0) is 5.66 Å². The molecule has 0 saturated carbocycles. The van der Waals surface area contributed by atoms with Crippen LogP contribution in [0.3, 0.4) is 0 Å². The number of nitrogens with zero attached hydrogens (tertiary/aromatic N) is 2. The molecule has 2 rings (SSSR count). The minimum Gasteiger partial charge on any atom is -0.258 e. The Hall–Kier alpha value is -1.44. The smallest absolute Gasteiger partial charge is 0.173 e. The molecule has 0 saturated heterocycles. The van der Waals surface area contributed by atoms with E-state index in [1.54, 1.807) is 12.4 Å². The first kappa shape index (κ1) is 10.1. The van der Waals surface area contributed by atoms with Gasteiger partial charge in [0.05, 0.1) is 0 Å². The summed E-state index contributed by atoms with van der Waals surface area (Å²) in [6.07, 6.45) is 3.56. The predicted octanol–water partition coefficient (Wildman–Crippen LogP) is 2.94. The van der Waals surface area contributed by atoms with Crippen LogP contribution in [0.1, 0.15) is 29.2 Å². The van der Waals surface area contributed by atoms with E-state index in [0.717, 1.165) is 0 Å². The van der Waals surface area contributed by atoms with E-state index >= 15 is 0 Å². The average molecular weight is 200 g/mol. The van der Waals surface area contributed by atoms with Gasteiger partial charge in [0.2, 0.25) is 0 Å². The largest absolute Gasteiger partial charge is 0.258 e. The minimum atomic E-state index is -0.403. The fourth-order valence-corrected chi connectivity index (χ4v) is 2.20. The third kappa shape index (κ3) is 1.50. The van der Waals surface area contributed by atoms with Crippen LogP contribution in [0.25, 0.3) is 0 Å². The van der Waals surface area contributed by atoms with Gasteiger partial charge in [0, 0.05) is 18.0 Å². The SMILES string of the molecule is Cc1ccc(C)c(C2(C)N=CC=N2)c1C. The second-order valence-corrected chi connectivity index (χ2v) is 4.28. The van der Waals surface area contributed by atoms with Gasteiger partial charge in [0.15, 0.2) is 5.66 Å². The van der Waals surface area contributed by atoms with Crippen LogP contribution in [0.15, 0.2) is 22.1 Å². The lowest BCUT2D eigenvalue weighted by Crippen LogP contribution is -2.17. The highest BCUT2D eigenvalue weighted by Gasteiger charge is 2.29. The molecule has 78 valence electrons. The molecular weight excluding hydrogens is 184 g/mol. The zero-order chi connectivity index (χ0) is 11.1. The number of aliphatic imine (C=N–C) groups is 2. The van der Waals surface area contributed by atoms with E-state index in [1.807, 2.05) is 0 Å². The molecule has 1 aliphatic heterocycles. The lowest BCUT2D eigenvalue weighted by atomic mass is 9.90. The molecule has 15 heavy (non-hydrogen) atoms. The quantitative estimate of drug-likeness (QED) is 0.666. The van der Waals surface area contributed by atoms with Crippen molar-refractivity contribution in [1.29, 1.82) is 0 Å². The summed E-state index contributed by atoms with van der Waals surface area (Å²) in [5.74, 6) is 0. The second kappa shape index (κ2) is 3.30. The van der Waals surface area contributed by atoms with Crippen molar-refractivity contribution in [1.82, 2.24) is 0 Å². The summed E-state index contributed by atoms with van der Waals surface area (Å²) in [7, 11) is 0. The Labute approximate surface area is 90.8 Å². The van der Waals surface area contributed by atoms with E-state index in [4.69, 9.17) is 0 Å². The topological polar surface area (TPSA) is 24.7 Å². The van der Waals surface area contributed by atoms with Gasteiger partial charge in [-0.1, -0.05) is 12.1 Å². The van der Waals surface area contributed by atoms with E-state index in [9.17, 15) is 0 Å². The maximum absolute atomic E-state index is 4.45. The molecule has 0 unspecified atom stereocenters. The molecule has 2 nitrogen and oxygen atoms in total. The molecule has 0 amide bonds. The molecule has 0 bridgehead atoms.